The third kappa shape index (κ3) is 6.64. The van der Waals surface area contributed by atoms with Crippen LogP contribution in [0.5, 0.6) is 0 Å². The summed E-state index contributed by atoms with van der Waals surface area (Å²) in [5, 5.41) is 2.69. The van der Waals surface area contributed by atoms with Gasteiger partial charge in [-0.2, -0.15) is 13.2 Å². The summed E-state index contributed by atoms with van der Waals surface area (Å²) in [6.07, 6.45) is -3.92. The van der Waals surface area contributed by atoms with E-state index in [0.717, 1.165) is 12.1 Å². The van der Waals surface area contributed by atoms with E-state index < -0.39 is 17.8 Å². The Balaban J connectivity index is 0.00000441. The second-order valence-electron chi connectivity index (χ2n) is 4.87. The van der Waals surface area contributed by atoms with Crippen molar-refractivity contribution in [1.29, 1.82) is 0 Å². The molecular formula is C14H20ClF3N2O2. The lowest BCUT2D eigenvalue weighted by Gasteiger charge is -2.17. The minimum Gasteiger partial charge on any atom is -0.383 e. The molecule has 1 rings (SSSR count). The number of methoxy groups -OCH3 is 1. The van der Waals surface area contributed by atoms with Gasteiger partial charge < -0.3 is 15.8 Å². The lowest BCUT2D eigenvalue weighted by atomic mass is 10.0. The lowest BCUT2D eigenvalue weighted by molar-refractivity contribution is -0.137. The quantitative estimate of drug-likeness (QED) is 0.834. The third-order valence-electron chi connectivity index (χ3n) is 2.89. The molecule has 22 heavy (non-hydrogen) atoms. The number of carbonyl (C=O) groups is 1. The smallest absolute Gasteiger partial charge is 0.383 e. The van der Waals surface area contributed by atoms with E-state index in [0.29, 0.717) is 12.0 Å². The Morgan fingerprint density at radius 2 is 1.86 bits per heavy atom. The SMILES string of the molecule is COCC(N)C(=O)NC(C)Cc1ccc(C(F)(F)F)cc1.Cl. The fourth-order valence-electron chi connectivity index (χ4n) is 1.84. The van der Waals surface area contributed by atoms with Crippen LogP contribution in [0.2, 0.25) is 0 Å². The number of nitrogens with one attached hydrogen (secondary N) is 1. The Labute approximate surface area is 133 Å². The van der Waals surface area contributed by atoms with Gasteiger partial charge in [-0.05, 0) is 31.0 Å². The zero-order valence-electron chi connectivity index (χ0n) is 12.3. The molecular weight excluding hydrogens is 321 g/mol. The summed E-state index contributed by atoms with van der Waals surface area (Å²) in [6.45, 7) is 1.87. The van der Waals surface area contributed by atoms with Gasteiger partial charge in [0.05, 0.1) is 12.2 Å². The van der Waals surface area contributed by atoms with E-state index in [1.807, 2.05) is 0 Å². The molecule has 2 unspecified atom stereocenters. The van der Waals surface area contributed by atoms with E-state index in [1.54, 1.807) is 6.92 Å². The monoisotopic (exact) mass is 340 g/mol. The average molecular weight is 341 g/mol. The minimum atomic E-state index is -4.34. The Morgan fingerprint density at radius 3 is 2.32 bits per heavy atom. The van der Waals surface area contributed by atoms with Crippen LogP contribution in [0.1, 0.15) is 18.1 Å². The normalized spacial score (nSPS) is 13.9. The van der Waals surface area contributed by atoms with Crippen molar-refractivity contribution in [2.24, 2.45) is 5.73 Å². The van der Waals surface area contributed by atoms with Crippen LogP contribution in [0.15, 0.2) is 24.3 Å². The Kier molecular flexibility index (Phi) is 8.44. The highest BCUT2D eigenvalue weighted by molar-refractivity contribution is 5.85. The summed E-state index contributed by atoms with van der Waals surface area (Å²) in [7, 11) is 1.44. The fourth-order valence-corrected chi connectivity index (χ4v) is 1.84. The van der Waals surface area contributed by atoms with E-state index >= 15 is 0 Å². The van der Waals surface area contributed by atoms with Crippen LogP contribution in [0, 0.1) is 0 Å². The van der Waals surface area contributed by atoms with Gasteiger partial charge in [0.15, 0.2) is 0 Å². The van der Waals surface area contributed by atoms with Gasteiger partial charge in [-0.15, -0.1) is 12.4 Å². The molecule has 0 heterocycles. The topological polar surface area (TPSA) is 64.3 Å². The molecule has 0 bridgehead atoms. The molecule has 0 radical (unpaired) electrons. The van der Waals surface area contributed by atoms with Crippen molar-refractivity contribution in [3.8, 4) is 0 Å². The second kappa shape index (κ2) is 8.97. The first-order chi connectivity index (χ1) is 9.74. The van der Waals surface area contributed by atoms with Gasteiger partial charge in [0, 0.05) is 13.2 Å². The Morgan fingerprint density at radius 1 is 1.32 bits per heavy atom. The van der Waals surface area contributed by atoms with Gasteiger partial charge in [-0.25, -0.2) is 0 Å². The Bertz CT molecular complexity index is 466. The average Bonchev–Trinajstić information content (AvgIpc) is 2.38. The number of carbonyl (C=O) groups excluding carboxylic acids is 1. The number of nitrogens with two attached hydrogens (primary N) is 1. The largest absolute Gasteiger partial charge is 0.416 e. The predicted octanol–water partition coefficient (Wildman–Crippen LogP) is 2.15. The fraction of sp³-hybridized carbons (Fsp3) is 0.500. The molecule has 0 saturated carbocycles. The number of hydrogen-bond donors (Lipinski definition) is 2. The van der Waals surface area contributed by atoms with Crippen molar-refractivity contribution < 1.29 is 22.7 Å². The first kappa shape index (κ1) is 20.7. The van der Waals surface area contributed by atoms with Crippen molar-refractivity contribution in [1.82, 2.24) is 5.32 Å². The van der Waals surface area contributed by atoms with Crippen LogP contribution in [0.4, 0.5) is 13.2 Å². The molecule has 0 spiro atoms. The number of rotatable bonds is 6. The predicted molar refractivity (Wildman–Crippen MR) is 79.9 cm³/mol. The maximum Gasteiger partial charge on any atom is 0.416 e. The van der Waals surface area contributed by atoms with Crippen molar-refractivity contribution in [3.63, 3.8) is 0 Å². The van der Waals surface area contributed by atoms with E-state index in [9.17, 15) is 18.0 Å². The maximum atomic E-state index is 12.4. The van der Waals surface area contributed by atoms with Crippen molar-refractivity contribution >= 4 is 18.3 Å². The molecule has 1 aromatic rings. The molecule has 1 aromatic carbocycles. The zero-order chi connectivity index (χ0) is 16.0. The molecule has 8 heteroatoms. The van der Waals surface area contributed by atoms with E-state index in [-0.39, 0.29) is 31.0 Å². The summed E-state index contributed by atoms with van der Waals surface area (Å²) >= 11 is 0. The van der Waals surface area contributed by atoms with Crippen LogP contribution >= 0.6 is 12.4 Å². The number of hydrogen-bond acceptors (Lipinski definition) is 3. The molecule has 3 N–H and O–H groups in total. The lowest BCUT2D eigenvalue weighted by Crippen LogP contribution is -2.47. The zero-order valence-corrected chi connectivity index (χ0v) is 13.1. The van der Waals surface area contributed by atoms with Gasteiger partial charge >= 0.3 is 6.18 Å². The highest BCUT2D eigenvalue weighted by atomic mass is 35.5. The number of ether oxygens (including phenoxy) is 1. The van der Waals surface area contributed by atoms with Crippen molar-refractivity contribution in [2.45, 2.75) is 31.6 Å². The van der Waals surface area contributed by atoms with Gasteiger partial charge in [0.25, 0.3) is 0 Å². The highest BCUT2D eigenvalue weighted by Crippen LogP contribution is 2.29. The van der Waals surface area contributed by atoms with Gasteiger partial charge in [0.1, 0.15) is 6.04 Å². The molecule has 0 aromatic heterocycles. The van der Waals surface area contributed by atoms with Crippen LogP contribution in [0.25, 0.3) is 0 Å². The van der Waals surface area contributed by atoms with Crippen molar-refractivity contribution in [3.05, 3.63) is 35.4 Å². The first-order valence-corrected chi connectivity index (χ1v) is 6.45. The molecule has 0 fully saturated rings. The second-order valence-corrected chi connectivity index (χ2v) is 4.87. The molecule has 0 aliphatic heterocycles. The van der Waals surface area contributed by atoms with Crippen LogP contribution in [-0.2, 0) is 22.1 Å². The van der Waals surface area contributed by atoms with Gasteiger partial charge in [-0.1, -0.05) is 12.1 Å². The van der Waals surface area contributed by atoms with E-state index in [1.165, 1.54) is 19.2 Å². The molecule has 126 valence electrons. The standard InChI is InChI=1S/C14H19F3N2O2.ClH/c1-9(19-13(20)12(18)8-21-2)7-10-3-5-11(6-4-10)14(15,16)17;/h3-6,9,12H,7-8,18H2,1-2H3,(H,19,20);1H. The molecule has 0 aliphatic carbocycles. The summed E-state index contributed by atoms with van der Waals surface area (Å²) in [5.74, 6) is -0.351. The summed E-state index contributed by atoms with van der Waals surface area (Å²) in [5.41, 5.74) is 5.59. The molecule has 0 saturated heterocycles. The molecule has 2 atom stereocenters. The van der Waals surface area contributed by atoms with Gasteiger partial charge in [-0.3, -0.25) is 4.79 Å². The molecule has 4 nitrogen and oxygen atoms in total. The summed E-state index contributed by atoms with van der Waals surface area (Å²) in [4.78, 5) is 11.7. The molecule has 1 amide bonds. The first-order valence-electron chi connectivity index (χ1n) is 6.45. The van der Waals surface area contributed by atoms with Crippen LogP contribution < -0.4 is 11.1 Å². The van der Waals surface area contributed by atoms with Gasteiger partial charge in [0.2, 0.25) is 5.91 Å². The van der Waals surface area contributed by atoms with E-state index in [2.05, 4.69) is 5.32 Å². The van der Waals surface area contributed by atoms with Crippen LogP contribution in [-0.4, -0.2) is 31.7 Å². The number of amides is 1. The Hall–Kier alpha value is -1.31. The number of halogens is 4. The number of alkyl halides is 3. The van der Waals surface area contributed by atoms with Crippen molar-refractivity contribution in [2.75, 3.05) is 13.7 Å². The third-order valence-corrected chi connectivity index (χ3v) is 2.89. The maximum absolute atomic E-state index is 12.4. The highest BCUT2D eigenvalue weighted by Gasteiger charge is 2.29. The summed E-state index contributed by atoms with van der Waals surface area (Å²) in [6, 6.07) is 3.87. The minimum absolute atomic E-state index is 0. The summed E-state index contributed by atoms with van der Waals surface area (Å²) < 4.78 is 42.1. The number of benzene rings is 1. The van der Waals surface area contributed by atoms with Crippen LogP contribution in [0.3, 0.4) is 0 Å². The van der Waals surface area contributed by atoms with E-state index in [4.69, 9.17) is 10.5 Å². The molecule has 0 aliphatic rings.